The Bertz CT molecular complexity index is 1480. The quantitative estimate of drug-likeness (QED) is 0.149. The molecule has 5 rings (SSSR count). The lowest BCUT2D eigenvalue weighted by atomic mass is 9.78. The zero-order valence-electron chi connectivity index (χ0n) is 27.3. The first-order valence-electron chi connectivity index (χ1n) is 16.4. The van der Waals surface area contributed by atoms with Crippen LogP contribution in [0.25, 0.3) is 0 Å². The molecule has 2 atom stereocenters. The van der Waals surface area contributed by atoms with E-state index in [-0.39, 0.29) is 48.5 Å². The van der Waals surface area contributed by atoms with E-state index in [2.05, 4.69) is 20.4 Å². The maximum Gasteiger partial charge on any atom is 0.143 e. The number of benzene rings is 2. The zero-order chi connectivity index (χ0) is 32.5. The van der Waals surface area contributed by atoms with E-state index in [1.807, 2.05) is 100 Å². The summed E-state index contributed by atoms with van der Waals surface area (Å²) in [4.78, 5) is 25.7. The van der Waals surface area contributed by atoms with Crippen LogP contribution in [0.4, 0.5) is 0 Å². The number of hydrogen-bond donors (Lipinski definition) is 0. The highest BCUT2D eigenvalue weighted by Gasteiger charge is 2.27. The van der Waals surface area contributed by atoms with Crippen LogP contribution in [-0.4, -0.2) is 44.2 Å². The molecule has 4 aromatic rings. The van der Waals surface area contributed by atoms with Gasteiger partial charge in [-0.25, -0.2) is 0 Å². The van der Waals surface area contributed by atoms with Gasteiger partial charge >= 0.3 is 0 Å². The number of Topliss-reactive ketones (excluding diaryl/α,β-unsaturated/α-hetero) is 2. The predicted molar refractivity (Wildman–Crippen MR) is 177 cm³/mol. The Morgan fingerprint density at radius 1 is 0.609 bits per heavy atom. The highest BCUT2D eigenvalue weighted by Crippen LogP contribution is 2.39. The molecular formula is C38H44N4O4. The molecule has 0 N–H and O–H groups in total. The van der Waals surface area contributed by atoms with Crippen molar-refractivity contribution < 1.29 is 19.1 Å². The van der Waals surface area contributed by atoms with Gasteiger partial charge in [0.2, 0.25) is 0 Å². The molecule has 0 bridgehead atoms. The van der Waals surface area contributed by atoms with Gasteiger partial charge < -0.3 is 9.47 Å². The molecule has 8 heteroatoms. The second-order valence-electron chi connectivity index (χ2n) is 12.8. The maximum absolute atomic E-state index is 12.9. The summed E-state index contributed by atoms with van der Waals surface area (Å²) in [5.41, 5.74) is 5.03. The number of aromatic nitrogens is 4. The van der Waals surface area contributed by atoms with Crippen molar-refractivity contribution in [2.45, 2.75) is 103 Å². The average molecular weight is 621 g/mol. The Hall–Kier alpha value is -4.46. The van der Waals surface area contributed by atoms with Gasteiger partial charge in [-0.15, -0.1) is 0 Å². The van der Waals surface area contributed by atoms with Crippen molar-refractivity contribution >= 4 is 11.6 Å². The fourth-order valence-electron chi connectivity index (χ4n) is 6.08. The van der Waals surface area contributed by atoms with E-state index >= 15 is 0 Å². The minimum Gasteiger partial charge on any atom is -0.491 e. The van der Waals surface area contributed by atoms with Crippen molar-refractivity contribution in [2.75, 3.05) is 0 Å². The molecule has 2 heterocycles. The molecule has 8 nitrogen and oxygen atoms in total. The van der Waals surface area contributed by atoms with E-state index in [4.69, 9.17) is 9.47 Å². The smallest absolute Gasteiger partial charge is 0.143 e. The first-order valence-corrected chi connectivity index (χ1v) is 16.4. The van der Waals surface area contributed by atoms with Crippen LogP contribution in [0.2, 0.25) is 0 Å². The summed E-state index contributed by atoms with van der Waals surface area (Å²) in [5, 5.41) is 17.9. The van der Waals surface area contributed by atoms with E-state index in [1.165, 1.54) is 0 Å². The number of para-hydroxylation sites is 2. The molecule has 1 saturated carbocycles. The molecule has 0 radical (unpaired) electrons. The summed E-state index contributed by atoms with van der Waals surface area (Å²) >= 11 is 0. The van der Waals surface area contributed by atoms with Crippen LogP contribution in [-0.2, 0) is 35.3 Å². The zero-order valence-corrected chi connectivity index (χ0v) is 27.3. The fraction of sp³-hybridized carbons (Fsp3) is 0.421. The largest absolute Gasteiger partial charge is 0.491 e. The standard InChI is InChI=1S/C38H44N4O4/c1-25(2)45-37-14-7-5-10-29(37)21-33(43)23-31-16-18-35(41-39-31)27-12-9-13-28(20-27)36-19-17-32(40-42-36)24-34(44)22-30-11-6-8-15-38(30)46-26(3)4/h5-8,10-11,14-19,25-28H,9,12-13,20-24H2,1-4H3/t27-,28-/m0/s1. The van der Waals surface area contributed by atoms with Crippen molar-refractivity contribution in [3.8, 4) is 11.5 Å². The van der Waals surface area contributed by atoms with Gasteiger partial charge in [0, 0.05) is 35.8 Å². The number of hydrogen-bond acceptors (Lipinski definition) is 8. The van der Waals surface area contributed by atoms with Crippen molar-refractivity contribution in [3.05, 3.63) is 107 Å². The molecule has 0 saturated heterocycles. The molecule has 0 amide bonds. The van der Waals surface area contributed by atoms with E-state index in [1.54, 1.807) is 0 Å². The molecule has 1 fully saturated rings. The second-order valence-corrected chi connectivity index (χ2v) is 12.8. The van der Waals surface area contributed by atoms with Crippen molar-refractivity contribution in [2.24, 2.45) is 0 Å². The van der Waals surface area contributed by atoms with Gasteiger partial charge in [0.05, 0.1) is 47.8 Å². The van der Waals surface area contributed by atoms with Gasteiger partial charge in [-0.2, -0.15) is 20.4 Å². The van der Waals surface area contributed by atoms with Crippen LogP contribution in [0.15, 0.2) is 72.8 Å². The van der Waals surface area contributed by atoms with E-state index in [0.29, 0.717) is 24.2 Å². The number of ether oxygens (including phenoxy) is 2. The topological polar surface area (TPSA) is 104 Å². The number of carbonyl (C=O) groups excluding carboxylic acids is 2. The van der Waals surface area contributed by atoms with Gasteiger partial charge in [-0.1, -0.05) is 42.8 Å². The Morgan fingerprint density at radius 2 is 1.04 bits per heavy atom. The third-order valence-corrected chi connectivity index (χ3v) is 8.19. The first-order chi connectivity index (χ1) is 22.2. The van der Waals surface area contributed by atoms with Crippen LogP contribution >= 0.6 is 0 Å². The SMILES string of the molecule is CC(C)Oc1ccccc1CC(=O)Cc1ccc([C@H]2CCC[C@H](c3ccc(CC(=O)Cc4ccccc4OC(C)C)nn3)C2)nn1. The third kappa shape index (κ3) is 9.28. The summed E-state index contributed by atoms with van der Waals surface area (Å²) < 4.78 is 11.7. The second kappa shape index (κ2) is 15.7. The highest BCUT2D eigenvalue weighted by atomic mass is 16.5. The Morgan fingerprint density at radius 3 is 1.43 bits per heavy atom. The first kappa shape index (κ1) is 32.9. The predicted octanol–water partition coefficient (Wildman–Crippen LogP) is 6.99. The Balaban J connectivity index is 1.14. The lowest BCUT2D eigenvalue weighted by Gasteiger charge is -2.28. The molecule has 240 valence electrons. The molecule has 1 aliphatic rings. The van der Waals surface area contributed by atoms with Crippen LogP contribution < -0.4 is 9.47 Å². The average Bonchev–Trinajstić information content (AvgIpc) is 3.03. The lowest BCUT2D eigenvalue weighted by molar-refractivity contribution is -0.118. The number of carbonyl (C=O) groups is 2. The summed E-state index contributed by atoms with van der Waals surface area (Å²) in [6, 6.07) is 23.3. The molecule has 46 heavy (non-hydrogen) atoms. The van der Waals surface area contributed by atoms with Crippen molar-refractivity contribution in [1.29, 1.82) is 0 Å². The third-order valence-electron chi connectivity index (χ3n) is 8.19. The highest BCUT2D eigenvalue weighted by molar-refractivity contribution is 5.83. The minimum atomic E-state index is 0.0424. The monoisotopic (exact) mass is 620 g/mol. The molecule has 2 aromatic carbocycles. The summed E-state index contributed by atoms with van der Waals surface area (Å²) in [6.45, 7) is 7.91. The minimum absolute atomic E-state index is 0.0424. The van der Waals surface area contributed by atoms with Crippen molar-refractivity contribution in [1.82, 2.24) is 20.4 Å². The van der Waals surface area contributed by atoms with Gasteiger partial charge in [0.15, 0.2) is 0 Å². The number of rotatable bonds is 14. The van der Waals surface area contributed by atoms with Crippen LogP contribution in [0, 0.1) is 0 Å². The van der Waals surface area contributed by atoms with Crippen LogP contribution in [0.3, 0.4) is 0 Å². The lowest BCUT2D eigenvalue weighted by Crippen LogP contribution is -2.17. The summed E-state index contributed by atoms with van der Waals surface area (Å²) in [7, 11) is 0. The van der Waals surface area contributed by atoms with E-state index in [0.717, 1.165) is 59.7 Å². The molecule has 0 unspecified atom stereocenters. The normalized spacial score (nSPS) is 16.4. The van der Waals surface area contributed by atoms with Gasteiger partial charge in [0.1, 0.15) is 23.1 Å². The Labute approximate surface area is 272 Å². The van der Waals surface area contributed by atoms with Crippen molar-refractivity contribution in [3.63, 3.8) is 0 Å². The Kier molecular flexibility index (Phi) is 11.2. The summed E-state index contributed by atoms with van der Waals surface area (Å²) in [5.74, 6) is 2.20. The van der Waals surface area contributed by atoms with Crippen LogP contribution in [0.5, 0.6) is 11.5 Å². The maximum atomic E-state index is 12.9. The molecule has 1 aliphatic carbocycles. The van der Waals surface area contributed by atoms with Crippen LogP contribution in [0.1, 0.15) is 99.1 Å². The van der Waals surface area contributed by atoms with E-state index in [9.17, 15) is 9.59 Å². The molecule has 2 aromatic heterocycles. The molecular weight excluding hydrogens is 576 g/mol. The molecule has 0 aliphatic heterocycles. The van der Waals surface area contributed by atoms with E-state index < -0.39 is 0 Å². The van der Waals surface area contributed by atoms with Gasteiger partial charge in [0.25, 0.3) is 0 Å². The fourth-order valence-corrected chi connectivity index (χ4v) is 6.08. The number of ketones is 2. The molecule has 0 spiro atoms. The number of nitrogens with zero attached hydrogens (tertiary/aromatic N) is 4. The van der Waals surface area contributed by atoms with Gasteiger partial charge in [-0.3, -0.25) is 9.59 Å². The summed E-state index contributed by atoms with van der Waals surface area (Å²) in [6.07, 6.45) is 5.21. The van der Waals surface area contributed by atoms with Gasteiger partial charge in [-0.05, 0) is 83.4 Å².